The first-order chi connectivity index (χ1) is 14.9. The molecule has 0 radical (unpaired) electrons. The molecule has 1 aliphatic heterocycles. The quantitative estimate of drug-likeness (QED) is 0.532. The smallest absolute Gasteiger partial charge is 0.233 e. The molecule has 2 aromatic carbocycles. The number of anilines is 1. The van der Waals surface area contributed by atoms with E-state index in [-0.39, 0.29) is 21.7 Å². The lowest BCUT2D eigenvalue weighted by Gasteiger charge is -2.26. The zero-order valence-electron chi connectivity index (χ0n) is 16.6. The lowest BCUT2D eigenvalue weighted by atomic mass is 10.2. The number of halogens is 2. The van der Waals surface area contributed by atoms with Crippen molar-refractivity contribution in [2.45, 2.75) is 9.92 Å². The molecule has 1 aromatic heterocycles. The van der Waals surface area contributed by atoms with Crippen LogP contribution in [-0.2, 0) is 14.6 Å². The van der Waals surface area contributed by atoms with Crippen LogP contribution in [0.3, 0.4) is 0 Å². The number of ether oxygens (including phenoxy) is 1. The fourth-order valence-corrected chi connectivity index (χ4v) is 4.60. The summed E-state index contributed by atoms with van der Waals surface area (Å²) < 4.78 is 50.8. The maximum Gasteiger partial charge on any atom is 0.233 e. The lowest BCUT2D eigenvalue weighted by Crippen LogP contribution is -2.39. The van der Waals surface area contributed by atoms with Crippen molar-refractivity contribution < 1.29 is 22.0 Å². The first-order valence-corrected chi connectivity index (χ1v) is 11.6. The third-order valence-electron chi connectivity index (χ3n) is 4.88. The molecule has 0 bridgehead atoms. The maximum absolute atomic E-state index is 13.3. The van der Waals surface area contributed by atoms with Gasteiger partial charge in [0, 0.05) is 36.8 Å². The Hall–Kier alpha value is -2.46. The van der Waals surface area contributed by atoms with Gasteiger partial charge in [-0.15, -0.1) is 0 Å². The van der Waals surface area contributed by atoms with Crippen molar-refractivity contribution in [2.75, 3.05) is 44.7 Å². The van der Waals surface area contributed by atoms with E-state index in [4.69, 9.17) is 20.8 Å². The summed E-state index contributed by atoms with van der Waals surface area (Å²) in [5.41, 5.74) is 0.584. The molecule has 164 valence electrons. The number of morpholine rings is 1. The molecule has 0 atom stereocenters. The number of hydrogen-bond donors (Lipinski definition) is 1. The lowest BCUT2D eigenvalue weighted by molar-refractivity contribution is 0.0398. The highest BCUT2D eigenvalue weighted by molar-refractivity contribution is 7.91. The second kappa shape index (κ2) is 9.35. The summed E-state index contributed by atoms with van der Waals surface area (Å²) in [4.78, 5) is 6.40. The van der Waals surface area contributed by atoms with Crippen LogP contribution in [-0.4, -0.2) is 57.7 Å². The second-order valence-electron chi connectivity index (χ2n) is 7.00. The van der Waals surface area contributed by atoms with Crippen molar-refractivity contribution in [3.8, 4) is 11.5 Å². The summed E-state index contributed by atoms with van der Waals surface area (Å²) in [6.45, 7) is 4.13. The Bertz CT molecular complexity index is 1130. The number of benzene rings is 2. The number of oxazole rings is 1. The van der Waals surface area contributed by atoms with Crippen molar-refractivity contribution in [2.24, 2.45) is 0 Å². The van der Waals surface area contributed by atoms with Gasteiger partial charge >= 0.3 is 0 Å². The Kier molecular flexibility index (Phi) is 6.57. The van der Waals surface area contributed by atoms with Crippen molar-refractivity contribution in [1.29, 1.82) is 0 Å². The molecule has 31 heavy (non-hydrogen) atoms. The number of nitrogens with zero attached hydrogens (tertiary/aromatic N) is 2. The van der Waals surface area contributed by atoms with Crippen molar-refractivity contribution in [3.63, 3.8) is 0 Å². The molecule has 0 amide bonds. The summed E-state index contributed by atoms with van der Waals surface area (Å²) in [7, 11) is -4.03. The van der Waals surface area contributed by atoms with Gasteiger partial charge in [0.25, 0.3) is 0 Å². The minimum atomic E-state index is -4.03. The molecule has 1 fully saturated rings. The molecular weight excluding hydrogens is 445 g/mol. The van der Waals surface area contributed by atoms with E-state index in [1.54, 1.807) is 24.3 Å². The molecule has 4 rings (SSSR count). The van der Waals surface area contributed by atoms with E-state index in [9.17, 15) is 12.8 Å². The van der Waals surface area contributed by atoms with Crippen LogP contribution in [0.5, 0.6) is 0 Å². The van der Waals surface area contributed by atoms with E-state index in [1.165, 1.54) is 12.1 Å². The van der Waals surface area contributed by atoms with Gasteiger partial charge in [-0.2, -0.15) is 4.98 Å². The fraction of sp³-hybridized carbons (Fsp3) is 0.286. The third kappa shape index (κ3) is 5.07. The van der Waals surface area contributed by atoms with E-state index < -0.39 is 15.7 Å². The normalized spacial score (nSPS) is 15.2. The van der Waals surface area contributed by atoms with E-state index in [0.29, 0.717) is 36.9 Å². The molecule has 10 heteroatoms. The first kappa shape index (κ1) is 21.8. The maximum atomic E-state index is 13.3. The average molecular weight is 466 g/mol. The number of hydrogen-bond acceptors (Lipinski definition) is 7. The monoisotopic (exact) mass is 465 g/mol. The highest BCUT2D eigenvalue weighted by Crippen LogP contribution is 2.32. The Labute approximate surface area is 184 Å². The van der Waals surface area contributed by atoms with Gasteiger partial charge in [0.05, 0.1) is 18.1 Å². The fourth-order valence-electron chi connectivity index (χ4n) is 3.19. The average Bonchev–Trinajstić information content (AvgIpc) is 3.20. The molecule has 0 spiro atoms. The minimum absolute atomic E-state index is 0.0440. The van der Waals surface area contributed by atoms with Crippen LogP contribution in [0, 0.1) is 5.82 Å². The number of nitrogens with one attached hydrogen (secondary N) is 1. The summed E-state index contributed by atoms with van der Waals surface area (Å²) in [5, 5.41) is 3.35. The van der Waals surface area contributed by atoms with Crippen LogP contribution < -0.4 is 5.32 Å². The van der Waals surface area contributed by atoms with Gasteiger partial charge in [-0.1, -0.05) is 11.6 Å². The standard InChI is InChI=1S/C21H21ClFN3O4S/c22-16-3-1-15(2-4-16)19-25-21(31(27,28)18-7-5-17(23)6-8-18)20(30-19)24-9-10-26-11-13-29-14-12-26/h1-8,24H,9-14H2. The van der Waals surface area contributed by atoms with Crippen molar-refractivity contribution in [1.82, 2.24) is 9.88 Å². The number of rotatable bonds is 7. The van der Waals surface area contributed by atoms with E-state index in [1.807, 2.05) is 0 Å². The van der Waals surface area contributed by atoms with Crippen LogP contribution in [0.1, 0.15) is 0 Å². The summed E-state index contributed by atoms with van der Waals surface area (Å²) in [5.74, 6) is -0.335. The molecular formula is C21H21ClFN3O4S. The Balaban J connectivity index is 1.64. The van der Waals surface area contributed by atoms with E-state index in [0.717, 1.165) is 25.2 Å². The topological polar surface area (TPSA) is 84.7 Å². The molecule has 3 aromatic rings. The van der Waals surface area contributed by atoms with E-state index >= 15 is 0 Å². The van der Waals surface area contributed by atoms with Gasteiger partial charge in [0.15, 0.2) is 0 Å². The SMILES string of the molecule is O=S(=O)(c1ccc(F)cc1)c1nc(-c2ccc(Cl)cc2)oc1NCCN1CCOCC1. The Morgan fingerprint density at radius 3 is 2.42 bits per heavy atom. The molecule has 0 saturated carbocycles. The largest absolute Gasteiger partial charge is 0.419 e. The van der Waals surface area contributed by atoms with Crippen LogP contribution in [0.15, 0.2) is 62.9 Å². The summed E-state index contributed by atoms with van der Waals surface area (Å²) in [6, 6.07) is 11.3. The predicted molar refractivity (Wildman–Crippen MR) is 115 cm³/mol. The van der Waals surface area contributed by atoms with Crippen LogP contribution in [0.2, 0.25) is 5.02 Å². The van der Waals surface area contributed by atoms with Gasteiger partial charge in [0.1, 0.15) is 5.82 Å². The van der Waals surface area contributed by atoms with Gasteiger partial charge in [-0.05, 0) is 48.5 Å². The van der Waals surface area contributed by atoms with Crippen LogP contribution in [0.4, 0.5) is 10.3 Å². The summed E-state index contributed by atoms with van der Waals surface area (Å²) >= 11 is 5.94. The van der Waals surface area contributed by atoms with Crippen molar-refractivity contribution >= 4 is 27.3 Å². The molecule has 7 nitrogen and oxygen atoms in total. The molecule has 0 unspecified atom stereocenters. The molecule has 2 heterocycles. The van der Waals surface area contributed by atoms with E-state index in [2.05, 4.69) is 15.2 Å². The number of sulfone groups is 1. The van der Waals surface area contributed by atoms with Gasteiger partial charge in [0.2, 0.25) is 26.6 Å². The third-order valence-corrected chi connectivity index (χ3v) is 6.81. The number of aromatic nitrogens is 1. The van der Waals surface area contributed by atoms with Gasteiger partial charge in [-0.25, -0.2) is 12.8 Å². The predicted octanol–water partition coefficient (Wildman–Crippen LogP) is 3.71. The van der Waals surface area contributed by atoms with Crippen LogP contribution in [0.25, 0.3) is 11.5 Å². The summed E-state index contributed by atoms with van der Waals surface area (Å²) in [6.07, 6.45) is 0. The zero-order valence-corrected chi connectivity index (χ0v) is 18.1. The van der Waals surface area contributed by atoms with Crippen LogP contribution >= 0.6 is 11.6 Å². The Morgan fingerprint density at radius 2 is 1.74 bits per heavy atom. The molecule has 1 N–H and O–H groups in total. The molecule has 1 aliphatic rings. The highest BCUT2D eigenvalue weighted by atomic mass is 35.5. The first-order valence-electron chi connectivity index (χ1n) is 9.75. The second-order valence-corrected chi connectivity index (χ2v) is 9.30. The van der Waals surface area contributed by atoms with Crippen molar-refractivity contribution in [3.05, 3.63) is 59.4 Å². The van der Waals surface area contributed by atoms with Gasteiger partial charge < -0.3 is 14.5 Å². The highest BCUT2D eigenvalue weighted by Gasteiger charge is 2.28. The minimum Gasteiger partial charge on any atom is -0.419 e. The zero-order chi connectivity index (χ0) is 21.8. The Morgan fingerprint density at radius 1 is 1.06 bits per heavy atom. The molecule has 0 aliphatic carbocycles. The van der Waals surface area contributed by atoms with Gasteiger partial charge in [-0.3, -0.25) is 4.90 Å². The molecule has 1 saturated heterocycles.